The molecule has 0 heterocycles. The van der Waals surface area contributed by atoms with Crippen molar-refractivity contribution in [3.05, 3.63) is 12.1 Å². The Morgan fingerprint density at radius 1 is 1.06 bits per heavy atom. The zero-order valence-corrected chi connectivity index (χ0v) is 11.1. The highest BCUT2D eigenvalue weighted by Gasteiger charge is 2.37. The first-order chi connectivity index (χ1) is 8.61. The average Bonchev–Trinajstić information content (AvgIpc) is 3.13. The molecule has 0 spiro atoms. The Hall–Kier alpha value is -1.62. The summed E-state index contributed by atoms with van der Waals surface area (Å²) in [5, 5.41) is 3.31. The molecule has 18 heavy (non-hydrogen) atoms. The quantitative estimate of drug-likeness (QED) is 0.805. The summed E-state index contributed by atoms with van der Waals surface area (Å²) in [6.45, 7) is 0.735. The Balaban J connectivity index is 2.20. The molecule has 0 radical (unpaired) electrons. The van der Waals surface area contributed by atoms with Crippen molar-refractivity contribution in [3.8, 4) is 17.2 Å². The van der Waals surface area contributed by atoms with Crippen LogP contribution in [0.1, 0.15) is 12.8 Å². The van der Waals surface area contributed by atoms with Gasteiger partial charge in [-0.3, -0.25) is 0 Å². The Morgan fingerprint density at radius 2 is 1.61 bits per heavy atom. The monoisotopic (exact) mass is 252 g/mol. The van der Waals surface area contributed by atoms with E-state index in [1.165, 1.54) is 0 Å². The van der Waals surface area contributed by atoms with Gasteiger partial charge in [-0.15, -0.1) is 0 Å². The second-order valence-corrected chi connectivity index (χ2v) is 4.62. The fraction of sp³-hybridized carbons (Fsp3) is 0.538. The van der Waals surface area contributed by atoms with Crippen LogP contribution in [0.2, 0.25) is 0 Å². The van der Waals surface area contributed by atoms with Crippen LogP contribution in [-0.4, -0.2) is 33.4 Å². The summed E-state index contributed by atoms with van der Waals surface area (Å²) in [5.74, 6) is 2.04. The van der Waals surface area contributed by atoms with E-state index in [9.17, 15) is 0 Å². The van der Waals surface area contributed by atoms with Crippen LogP contribution in [0.15, 0.2) is 12.1 Å². The van der Waals surface area contributed by atoms with Crippen molar-refractivity contribution in [1.82, 2.24) is 0 Å². The number of nitrogens with one attached hydrogen (secondary N) is 1. The lowest BCUT2D eigenvalue weighted by Crippen LogP contribution is -2.31. The second kappa shape index (κ2) is 4.94. The lowest BCUT2D eigenvalue weighted by Gasteiger charge is -2.17. The zero-order valence-electron chi connectivity index (χ0n) is 11.1. The lowest BCUT2D eigenvalue weighted by atomic mass is 10.2. The minimum Gasteiger partial charge on any atom is -0.494 e. The fourth-order valence-corrected chi connectivity index (χ4v) is 1.78. The van der Waals surface area contributed by atoms with Crippen LogP contribution in [0.5, 0.6) is 17.2 Å². The minimum atomic E-state index is -0.0574. The van der Waals surface area contributed by atoms with Crippen molar-refractivity contribution in [2.75, 3.05) is 33.2 Å². The zero-order chi connectivity index (χ0) is 13.2. The van der Waals surface area contributed by atoms with Crippen molar-refractivity contribution in [1.29, 1.82) is 0 Å². The molecule has 1 aromatic rings. The number of anilines is 1. The highest BCUT2D eigenvalue weighted by molar-refractivity contribution is 5.64. The number of hydrogen-bond acceptors (Lipinski definition) is 5. The van der Waals surface area contributed by atoms with E-state index in [0.717, 1.165) is 30.8 Å². The van der Waals surface area contributed by atoms with Crippen LogP contribution in [0.4, 0.5) is 5.69 Å². The first kappa shape index (κ1) is 12.8. The maximum atomic E-state index is 6.05. The average molecular weight is 252 g/mol. The van der Waals surface area contributed by atoms with Crippen LogP contribution < -0.4 is 25.3 Å². The predicted molar refractivity (Wildman–Crippen MR) is 70.7 cm³/mol. The molecule has 5 heteroatoms. The molecule has 2 rings (SSSR count). The first-order valence-electron chi connectivity index (χ1n) is 5.94. The van der Waals surface area contributed by atoms with Gasteiger partial charge in [0, 0.05) is 24.2 Å². The van der Waals surface area contributed by atoms with Crippen molar-refractivity contribution in [2.24, 2.45) is 5.73 Å². The molecule has 0 unspecified atom stereocenters. The number of benzene rings is 1. The topological polar surface area (TPSA) is 65.7 Å². The van der Waals surface area contributed by atoms with Crippen molar-refractivity contribution in [2.45, 2.75) is 18.4 Å². The molecule has 100 valence electrons. The minimum absolute atomic E-state index is 0.0574. The molecule has 0 bridgehead atoms. The molecule has 1 fully saturated rings. The van der Waals surface area contributed by atoms with Gasteiger partial charge in [0.15, 0.2) is 11.5 Å². The smallest absolute Gasteiger partial charge is 0.164 e. The van der Waals surface area contributed by atoms with E-state index in [0.29, 0.717) is 11.5 Å². The molecule has 3 N–H and O–H groups in total. The summed E-state index contributed by atoms with van der Waals surface area (Å²) in [7, 11) is 4.84. The molecule has 1 aliphatic carbocycles. The molecule has 1 aliphatic rings. The van der Waals surface area contributed by atoms with Gasteiger partial charge >= 0.3 is 0 Å². The summed E-state index contributed by atoms with van der Waals surface area (Å²) in [6.07, 6.45) is 2.13. The maximum Gasteiger partial charge on any atom is 0.164 e. The van der Waals surface area contributed by atoms with Gasteiger partial charge in [0.25, 0.3) is 0 Å². The van der Waals surface area contributed by atoms with Crippen LogP contribution >= 0.6 is 0 Å². The summed E-state index contributed by atoms with van der Waals surface area (Å²) in [5.41, 5.74) is 6.86. The molecule has 0 aliphatic heterocycles. The number of hydrogen-bond donors (Lipinski definition) is 2. The normalized spacial score (nSPS) is 16.0. The molecule has 1 aromatic carbocycles. The van der Waals surface area contributed by atoms with Gasteiger partial charge in [0.05, 0.1) is 27.0 Å². The lowest BCUT2D eigenvalue weighted by molar-refractivity contribution is 0.349. The maximum absolute atomic E-state index is 6.05. The van der Waals surface area contributed by atoms with Crippen LogP contribution in [0.25, 0.3) is 0 Å². The van der Waals surface area contributed by atoms with E-state index in [1.807, 2.05) is 6.07 Å². The third-order valence-corrected chi connectivity index (χ3v) is 3.23. The summed E-state index contributed by atoms with van der Waals surface area (Å²) in [6, 6.07) is 3.67. The number of ether oxygens (including phenoxy) is 3. The number of methoxy groups -OCH3 is 3. The van der Waals surface area contributed by atoms with Gasteiger partial charge < -0.3 is 25.3 Å². The van der Waals surface area contributed by atoms with Crippen molar-refractivity contribution >= 4 is 5.69 Å². The summed E-state index contributed by atoms with van der Waals surface area (Å²) in [4.78, 5) is 0. The van der Waals surface area contributed by atoms with E-state index < -0.39 is 0 Å². The standard InChI is InChI=1S/C13H20N2O3/c1-16-10-7-12(18-3)11(17-2)6-9(10)15-8-13(14)4-5-13/h6-7,15H,4-5,8,14H2,1-3H3. The molecule has 0 aromatic heterocycles. The first-order valence-corrected chi connectivity index (χ1v) is 5.94. The molecule has 1 saturated carbocycles. The Kier molecular flexibility index (Phi) is 3.52. The molecule has 0 atom stereocenters. The van der Waals surface area contributed by atoms with Crippen molar-refractivity contribution in [3.63, 3.8) is 0 Å². The second-order valence-electron chi connectivity index (χ2n) is 4.62. The van der Waals surface area contributed by atoms with Crippen LogP contribution in [0.3, 0.4) is 0 Å². The summed E-state index contributed by atoms with van der Waals surface area (Å²) < 4.78 is 15.8. The fourth-order valence-electron chi connectivity index (χ4n) is 1.78. The number of rotatable bonds is 6. The van der Waals surface area contributed by atoms with Crippen LogP contribution in [-0.2, 0) is 0 Å². The van der Waals surface area contributed by atoms with Gasteiger partial charge in [0.2, 0.25) is 0 Å². The molecule has 0 amide bonds. The van der Waals surface area contributed by atoms with E-state index in [2.05, 4.69) is 5.32 Å². The molecular formula is C13H20N2O3. The highest BCUT2D eigenvalue weighted by Crippen LogP contribution is 2.39. The van der Waals surface area contributed by atoms with Gasteiger partial charge in [-0.25, -0.2) is 0 Å². The predicted octanol–water partition coefficient (Wildman–Crippen LogP) is 1.62. The van der Waals surface area contributed by atoms with Crippen molar-refractivity contribution < 1.29 is 14.2 Å². The SMILES string of the molecule is COc1cc(OC)c(OC)cc1NCC1(N)CC1. The largest absolute Gasteiger partial charge is 0.494 e. The van der Waals surface area contributed by atoms with E-state index >= 15 is 0 Å². The Bertz CT molecular complexity index is 430. The highest BCUT2D eigenvalue weighted by atomic mass is 16.5. The van der Waals surface area contributed by atoms with E-state index in [-0.39, 0.29) is 5.54 Å². The van der Waals surface area contributed by atoms with Gasteiger partial charge in [0.1, 0.15) is 5.75 Å². The van der Waals surface area contributed by atoms with Gasteiger partial charge in [-0.2, -0.15) is 0 Å². The summed E-state index contributed by atoms with van der Waals surface area (Å²) >= 11 is 0. The van der Waals surface area contributed by atoms with Gasteiger partial charge in [-0.05, 0) is 12.8 Å². The third-order valence-electron chi connectivity index (χ3n) is 3.23. The molecular weight excluding hydrogens is 232 g/mol. The number of nitrogens with two attached hydrogens (primary N) is 1. The molecule has 0 saturated heterocycles. The van der Waals surface area contributed by atoms with E-state index in [4.69, 9.17) is 19.9 Å². The third kappa shape index (κ3) is 2.61. The van der Waals surface area contributed by atoms with Crippen LogP contribution in [0, 0.1) is 0 Å². The Morgan fingerprint density at radius 3 is 2.11 bits per heavy atom. The molecule has 5 nitrogen and oxygen atoms in total. The van der Waals surface area contributed by atoms with Gasteiger partial charge in [-0.1, -0.05) is 0 Å². The van der Waals surface area contributed by atoms with E-state index in [1.54, 1.807) is 27.4 Å². The Labute approximate surface area is 107 Å².